The standard InChI is InChI=1S/C16H17FN4O3/c1-24-9-14(22)19-10-7-21(8-10)16(23)12-6-18-20-15(12)11-4-2-3-5-13(11)17/h2-6,10H,7-9H2,1H3,(H,18,20)(H,19,22). The molecule has 0 radical (unpaired) electrons. The minimum absolute atomic E-state index is 0.0103. The Bertz CT molecular complexity index is 755. The van der Waals surface area contributed by atoms with Gasteiger partial charge in [0.05, 0.1) is 23.5 Å². The summed E-state index contributed by atoms with van der Waals surface area (Å²) < 4.78 is 18.7. The van der Waals surface area contributed by atoms with Crippen LogP contribution in [0.15, 0.2) is 30.5 Å². The summed E-state index contributed by atoms with van der Waals surface area (Å²) in [6.07, 6.45) is 1.39. The zero-order valence-corrected chi connectivity index (χ0v) is 13.1. The topological polar surface area (TPSA) is 87.3 Å². The number of likely N-dealkylation sites (tertiary alicyclic amines) is 1. The first-order chi connectivity index (χ1) is 11.6. The van der Waals surface area contributed by atoms with E-state index >= 15 is 0 Å². The van der Waals surface area contributed by atoms with Crippen LogP contribution in [0.5, 0.6) is 0 Å². The number of halogens is 1. The lowest BCUT2D eigenvalue weighted by Crippen LogP contribution is -2.61. The van der Waals surface area contributed by atoms with Gasteiger partial charge >= 0.3 is 0 Å². The molecule has 0 aliphatic carbocycles. The Labute approximate surface area is 137 Å². The highest BCUT2D eigenvalue weighted by molar-refractivity contribution is 6.00. The van der Waals surface area contributed by atoms with Gasteiger partial charge in [0.1, 0.15) is 12.4 Å². The van der Waals surface area contributed by atoms with Crippen molar-refractivity contribution in [3.05, 3.63) is 41.8 Å². The molecule has 1 saturated heterocycles. The van der Waals surface area contributed by atoms with Crippen LogP contribution in [-0.2, 0) is 9.53 Å². The van der Waals surface area contributed by atoms with Crippen LogP contribution >= 0.6 is 0 Å². The monoisotopic (exact) mass is 332 g/mol. The number of carbonyl (C=O) groups excluding carboxylic acids is 2. The number of hydrogen-bond acceptors (Lipinski definition) is 4. The summed E-state index contributed by atoms with van der Waals surface area (Å²) in [5.74, 6) is -0.895. The van der Waals surface area contributed by atoms with Crippen LogP contribution in [0, 0.1) is 5.82 Å². The molecule has 0 bridgehead atoms. The highest BCUT2D eigenvalue weighted by Gasteiger charge is 2.34. The van der Waals surface area contributed by atoms with Crippen molar-refractivity contribution >= 4 is 11.8 Å². The van der Waals surface area contributed by atoms with Gasteiger partial charge in [0.2, 0.25) is 5.91 Å². The first-order valence-electron chi connectivity index (χ1n) is 7.46. The molecular weight excluding hydrogens is 315 g/mol. The maximum absolute atomic E-state index is 13.9. The van der Waals surface area contributed by atoms with E-state index in [1.54, 1.807) is 23.1 Å². The quantitative estimate of drug-likeness (QED) is 0.848. The fraction of sp³-hybridized carbons (Fsp3) is 0.312. The Hall–Kier alpha value is -2.74. The zero-order chi connectivity index (χ0) is 17.1. The van der Waals surface area contributed by atoms with Crippen molar-refractivity contribution in [2.24, 2.45) is 0 Å². The SMILES string of the molecule is COCC(=O)NC1CN(C(=O)c2cn[nH]c2-c2ccccc2F)C1. The Balaban J connectivity index is 1.67. The number of methoxy groups -OCH3 is 1. The van der Waals surface area contributed by atoms with E-state index in [2.05, 4.69) is 15.5 Å². The fourth-order valence-electron chi connectivity index (χ4n) is 2.62. The van der Waals surface area contributed by atoms with Gasteiger partial charge in [0.15, 0.2) is 0 Å². The molecule has 0 spiro atoms. The molecule has 1 aliphatic heterocycles. The van der Waals surface area contributed by atoms with Gasteiger partial charge in [0, 0.05) is 25.8 Å². The van der Waals surface area contributed by atoms with Crippen LogP contribution in [0.1, 0.15) is 10.4 Å². The minimum Gasteiger partial charge on any atom is -0.375 e. The van der Waals surface area contributed by atoms with E-state index in [1.165, 1.54) is 19.4 Å². The smallest absolute Gasteiger partial charge is 0.257 e. The van der Waals surface area contributed by atoms with E-state index in [9.17, 15) is 14.0 Å². The molecule has 0 atom stereocenters. The number of nitrogens with one attached hydrogen (secondary N) is 2. The molecule has 2 heterocycles. The lowest BCUT2D eigenvalue weighted by molar-refractivity contribution is -0.126. The summed E-state index contributed by atoms with van der Waals surface area (Å²) in [7, 11) is 1.44. The van der Waals surface area contributed by atoms with Crippen LogP contribution in [0.25, 0.3) is 11.3 Å². The average Bonchev–Trinajstić information content (AvgIpc) is 3.00. The predicted molar refractivity (Wildman–Crippen MR) is 83.7 cm³/mol. The van der Waals surface area contributed by atoms with E-state index < -0.39 is 5.82 Å². The molecule has 2 N–H and O–H groups in total. The van der Waals surface area contributed by atoms with Gasteiger partial charge in [-0.05, 0) is 12.1 Å². The molecule has 8 heteroatoms. The largest absolute Gasteiger partial charge is 0.375 e. The van der Waals surface area contributed by atoms with Gasteiger partial charge < -0.3 is 15.0 Å². The summed E-state index contributed by atoms with van der Waals surface area (Å²) in [5, 5.41) is 9.31. The third-order valence-corrected chi connectivity index (χ3v) is 3.82. The van der Waals surface area contributed by atoms with Crippen LogP contribution in [0.2, 0.25) is 0 Å². The number of H-pyrrole nitrogens is 1. The molecule has 24 heavy (non-hydrogen) atoms. The normalized spacial score (nSPS) is 14.3. The Morgan fingerprint density at radius 1 is 1.42 bits per heavy atom. The van der Waals surface area contributed by atoms with Gasteiger partial charge in [-0.25, -0.2) is 4.39 Å². The molecule has 0 unspecified atom stereocenters. The van der Waals surface area contributed by atoms with Crippen molar-refractivity contribution in [2.75, 3.05) is 26.8 Å². The molecule has 2 aromatic rings. The summed E-state index contributed by atoms with van der Waals surface area (Å²) >= 11 is 0. The minimum atomic E-state index is -0.427. The van der Waals surface area contributed by atoms with Crippen molar-refractivity contribution in [1.82, 2.24) is 20.4 Å². The van der Waals surface area contributed by atoms with Gasteiger partial charge in [-0.3, -0.25) is 14.7 Å². The first kappa shape index (κ1) is 16.1. The molecular formula is C16H17FN4O3. The summed E-state index contributed by atoms with van der Waals surface area (Å²) in [5.41, 5.74) is 0.954. The number of aromatic amines is 1. The summed E-state index contributed by atoms with van der Waals surface area (Å²) in [6.45, 7) is 0.788. The molecule has 1 aromatic carbocycles. The zero-order valence-electron chi connectivity index (χ0n) is 13.1. The fourth-order valence-corrected chi connectivity index (χ4v) is 2.62. The van der Waals surface area contributed by atoms with E-state index in [0.29, 0.717) is 29.9 Å². The summed E-state index contributed by atoms with van der Waals surface area (Å²) in [6, 6.07) is 6.09. The van der Waals surface area contributed by atoms with Crippen molar-refractivity contribution in [3.63, 3.8) is 0 Å². The van der Waals surface area contributed by atoms with Crippen molar-refractivity contribution in [2.45, 2.75) is 6.04 Å². The van der Waals surface area contributed by atoms with Gasteiger partial charge in [-0.1, -0.05) is 12.1 Å². The second-order valence-electron chi connectivity index (χ2n) is 5.55. The molecule has 1 aromatic heterocycles. The number of carbonyl (C=O) groups is 2. The highest BCUT2D eigenvalue weighted by atomic mass is 19.1. The van der Waals surface area contributed by atoms with Crippen LogP contribution in [0.3, 0.4) is 0 Å². The number of benzene rings is 1. The number of hydrogen-bond donors (Lipinski definition) is 2. The highest BCUT2D eigenvalue weighted by Crippen LogP contribution is 2.26. The molecule has 2 amide bonds. The van der Waals surface area contributed by atoms with Crippen LogP contribution in [-0.4, -0.2) is 59.8 Å². The number of nitrogens with zero attached hydrogens (tertiary/aromatic N) is 2. The van der Waals surface area contributed by atoms with E-state index in [-0.39, 0.29) is 24.5 Å². The van der Waals surface area contributed by atoms with Gasteiger partial charge in [0.25, 0.3) is 5.91 Å². The molecule has 7 nitrogen and oxygen atoms in total. The Kier molecular flexibility index (Phi) is 4.57. The van der Waals surface area contributed by atoms with Crippen molar-refractivity contribution < 1.29 is 18.7 Å². The van der Waals surface area contributed by atoms with Crippen molar-refractivity contribution in [3.8, 4) is 11.3 Å². The van der Waals surface area contributed by atoms with E-state index in [0.717, 1.165) is 0 Å². The molecule has 3 rings (SSSR count). The predicted octanol–water partition coefficient (Wildman–Crippen LogP) is 0.803. The number of rotatable bonds is 5. The van der Waals surface area contributed by atoms with Crippen LogP contribution < -0.4 is 5.32 Å². The lowest BCUT2D eigenvalue weighted by Gasteiger charge is -2.39. The second-order valence-corrected chi connectivity index (χ2v) is 5.55. The lowest BCUT2D eigenvalue weighted by atomic mass is 10.0. The van der Waals surface area contributed by atoms with E-state index in [4.69, 9.17) is 4.74 Å². The Morgan fingerprint density at radius 3 is 2.88 bits per heavy atom. The number of aromatic nitrogens is 2. The number of ether oxygens (including phenoxy) is 1. The average molecular weight is 332 g/mol. The van der Waals surface area contributed by atoms with Crippen LogP contribution in [0.4, 0.5) is 4.39 Å². The third-order valence-electron chi connectivity index (χ3n) is 3.82. The van der Waals surface area contributed by atoms with Gasteiger partial charge in [-0.15, -0.1) is 0 Å². The Morgan fingerprint density at radius 2 is 2.17 bits per heavy atom. The first-order valence-corrected chi connectivity index (χ1v) is 7.46. The third kappa shape index (κ3) is 3.13. The maximum Gasteiger partial charge on any atom is 0.257 e. The molecule has 126 valence electrons. The molecule has 0 saturated carbocycles. The number of amides is 2. The molecule has 1 fully saturated rings. The van der Waals surface area contributed by atoms with Crippen molar-refractivity contribution in [1.29, 1.82) is 0 Å². The summed E-state index contributed by atoms with van der Waals surface area (Å²) in [4.78, 5) is 25.6. The molecule has 1 aliphatic rings. The van der Waals surface area contributed by atoms with E-state index in [1.807, 2.05) is 0 Å². The maximum atomic E-state index is 13.9. The second kappa shape index (κ2) is 6.79. The van der Waals surface area contributed by atoms with Gasteiger partial charge in [-0.2, -0.15) is 5.10 Å².